The molecule has 1 aromatic carbocycles. The van der Waals surface area contributed by atoms with Gasteiger partial charge in [0.2, 0.25) is 12.7 Å². The molecular formula is C24H30N4O4. The Balaban J connectivity index is 1.27. The van der Waals surface area contributed by atoms with Gasteiger partial charge in [-0.3, -0.25) is 9.59 Å². The number of aromatic amines is 1. The maximum Gasteiger partial charge on any atom is 0.251 e. The molecule has 0 unspecified atom stereocenters. The number of nitrogens with zero attached hydrogens (tertiary/aromatic N) is 3. The molecule has 3 aliphatic rings. The van der Waals surface area contributed by atoms with Crippen LogP contribution >= 0.6 is 0 Å². The second-order valence-electron chi connectivity index (χ2n) is 9.18. The number of hydrogen-bond donors (Lipinski definition) is 1. The van der Waals surface area contributed by atoms with Crippen LogP contribution in [-0.4, -0.2) is 65.7 Å². The Hall–Kier alpha value is -2.87. The van der Waals surface area contributed by atoms with Crippen molar-refractivity contribution in [2.45, 2.75) is 43.9 Å². The molecule has 2 saturated heterocycles. The number of aromatic nitrogens is 2. The molecule has 0 radical (unpaired) electrons. The number of amides is 1. The van der Waals surface area contributed by atoms with Gasteiger partial charge in [-0.05, 0) is 63.5 Å². The van der Waals surface area contributed by atoms with Crippen LogP contribution in [-0.2, 0) is 11.2 Å². The highest BCUT2D eigenvalue weighted by Gasteiger charge is 2.28. The van der Waals surface area contributed by atoms with Crippen LogP contribution in [0.5, 0.6) is 11.5 Å². The van der Waals surface area contributed by atoms with Gasteiger partial charge in [-0.1, -0.05) is 6.07 Å². The average Bonchev–Trinajstić information content (AvgIpc) is 3.27. The van der Waals surface area contributed by atoms with Gasteiger partial charge in [0.25, 0.3) is 5.56 Å². The quantitative estimate of drug-likeness (QED) is 0.788. The summed E-state index contributed by atoms with van der Waals surface area (Å²) in [5.74, 6) is 2.71. The second kappa shape index (κ2) is 8.94. The van der Waals surface area contributed by atoms with Gasteiger partial charge >= 0.3 is 0 Å². The number of fused-ring (bicyclic) bond motifs is 1. The van der Waals surface area contributed by atoms with Gasteiger partial charge in [-0.2, -0.15) is 0 Å². The normalized spacial score (nSPS) is 21.7. The molecule has 32 heavy (non-hydrogen) atoms. The Kier molecular flexibility index (Phi) is 5.87. The number of piperidine rings is 2. The number of benzene rings is 1. The van der Waals surface area contributed by atoms with E-state index in [0.29, 0.717) is 24.6 Å². The van der Waals surface area contributed by atoms with Crippen LogP contribution in [0.2, 0.25) is 0 Å². The molecule has 0 spiro atoms. The molecule has 2 fully saturated rings. The minimum absolute atomic E-state index is 0.0901. The smallest absolute Gasteiger partial charge is 0.251 e. The molecule has 8 nitrogen and oxygen atoms in total. The highest BCUT2D eigenvalue weighted by atomic mass is 16.7. The summed E-state index contributed by atoms with van der Waals surface area (Å²) in [7, 11) is 2.13. The lowest BCUT2D eigenvalue weighted by Crippen LogP contribution is -2.40. The summed E-state index contributed by atoms with van der Waals surface area (Å²) in [4.78, 5) is 37.5. The third-order valence-corrected chi connectivity index (χ3v) is 6.87. The lowest BCUT2D eigenvalue weighted by Gasteiger charge is -2.33. The van der Waals surface area contributed by atoms with Crippen molar-refractivity contribution < 1.29 is 14.3 Å². The first kappa shape index (κ1) is 21.0. The van der Waals surface area contributed by atoms with E-state index in [2.05, 4.69) is 16.9 Å². The number of carbonyl (C=O) groups is 1. The van der Waals surface area contributed by atoms with Crippen LogP contribution in [0.4, 0.5) is 0 Å². The van der Waals surface area contributed by atoms with Crippen molar-refractivity contribution in [1.29, 1.82) is 0 Å². The van der Waals surface area contributed by atoms with E-state index in [0.717, 1.165) is 68.1 Å². The Bertz CT molecular complexity index is 1040. The van der Waals surface area contributed by atoms with Crippen molar-refractivity contribution in [3.63, 3.8) is 0 Å². The summed E-state index contributed by atoms with van der Waals surface area (Å²) in [5, 5.41) is 0. The molecule has 0 aliphatic carbocycles. The Morgan fingerprint density at radius 2 is 1.91 bits per heavy atom. The Labute approximate surface area is 187 Å². The molecule has 5 rings (SSSR count). The standard InChI is InChI=1S/C24H30N4O4/c1-27-9-6-17(7-10-27)24-25-19(13-22(29)26-24)18-3-2-8-28(14-18)23(30)12-16-4-5-20-21(11-16)32-15-31-20/h4-5,11,13,17-18H,2-3,6-10,12,14-15H2,1H3,(H,25,26,29)/t18-/m0/s1. The summed E-state index contributed by atoms with van der Waals surface area (Å²) in [6, 6.07) is 7.27. The van der Waals surface area contributed by atoms with Crippen molar-refractivity contribution >= 4 is 5.91 Å². The summed E-state index contributed by atoms with van der Waals surface area (Å²) in [5.41, 5.74) is 1.65. The van der Waals surface area contributed by atoms with E-state index in [9.17, 15) is 9.59 Å². The largest absolute Gasteiger partial charge is 0.454 e. The molecule has 1 aromatic heterocycles. The van der Waals surface area contributed by atoms with E-state index in [1.54, 1.807) is 6.07 Å². The van der Waals surface area contributed by atoms with Gasteiger partial charge < -0.3 is 24.3 Å². The first-order valence-electron chi connectivity index (χ1n) is 11.5. The molecular weight excluding hydrogens is 408 g/mol. The van der Waals surface area contributed by atoms with Gasteiger partial charge in [0.1, 0.15) is 5.82 Å². The third kappa shape index (κ3) is 4.50. The molecule has 0 bridgehead atoms. The number of hydrogen-bond acceptors (Lipinski definition) is 6. The predicted molar refractivity (Wildman–Crippen MR) is 119 cm³/mol. The lowest BCUT2D eigenvalue weighted by molar-refractivity contribution is -0.131. The third-order valence-electron chi connectivity index (χ3n) is 6.87. The van der Waals surface area contributed by atoms with Gasteiger partial charge in [0.15, 0.2) is 11.5 Å². The van der Waals surface area contributed by atoms with Crippen LogP contribution in [0, 0.1) is 0 Å². The summed E-state index contributed by atoms with van der Waals surface area (Å²) >= 11 is 0. The maximum atomic E-state index is 13.0. The van der Waals surface area contributed by atoms with E-state index in [1.807, 2.05) is 23.1 Å². The number of ether oxygens (including phenoxy) is 2. The van der Waals surface area contributed by atoms with Crippen molar-refractivity contribution in [2.24, 2.45) is 0 Å². The molecule has 1 N–H and O–H groups in total. The van der Waals surface area contributed by atoms with Gasteiger partial charge in [-0.15, -0.1) is 0 Å². The zero-order valence-electron chi connectivity index (χ0n) is 18.5. The van der Waals surface area contributed by atoms with E-state index in [4.69, 9.17) is 14.5 Å². The fourth-order valence-corrected chi connectivity index (χ4v) is 4.96. The zero-order valence-corrected chi connectivity index (χ0v) is 18.5. The molecule has 4 heterocycles. The van der Waals surface area contributed by atoms with Gasteiger partial charge in [0, 0.05) is 31.0 Å². The molecule has 1 amide bonds. The SMILES string of the molecule is CN1CCC(c2nc([C@H]3CCCN(C(=O)Cc4ccc5c(c4)OCO5)C3)cc(=O)[nH]2)CC1. The highest BCUT2D eigenvalue weighted by Crippen LogP contribution is 2.33. The molecule has 2 aromatic rings. The number of carbonyl (C=O) groups excluding carboxylic acids is 1. The van der Waals surface area contributed by atoms with E-state index < -0.39 is 0 Å². The molecule has 0 saturated carbocycles. The van der Waals surface area contributed by atoms with Crippen molar-refractivity contribution in [1.82, 2.24) is 19.8 Å². The summed E-state index contributed by atoms with van der Waals surface area (Å²) in [6.45, 7) is 3.61. The maximum absolute atomic E-state index is 13.0. The highest BCUT2D eigenvalue weighted by molar-refractivity contribution is 5.79. The Morgan fingerprint density at radius 3 is 2.75 bits per heavy atom. The molecule has 1 atom stereocenters. The number of likely N-dealkylation sites (tertiary alicyclic amines) is 2. The van der Waals surface area contributed by atoms with Crippen molar-refractivity contribution in [2.75, 3.05) is 40.0 Å². The summed E-state index contributed by atoms with van der Waals surface area (Å²) in [6.07, 6.45) is 4.20. The van der Waals surface area contributed by atoms with Crippen molar-refractivity contribution in [3.8, 4) is 11.5 Å². The molecule has 3 aliphatic heterocycles. The first-order valence-corrected chi connectivity index (χ1v) is 11.5. The van der Waals surface area contributed by atoms with Gasteiger partial charge in [-0.25, -0.2) is 4.98 Å². The number of rotatable bonds is 4. The van der Waals surface area contributed by atoms with Crippen molar-refractivity contribution in [3.05, 3.63) is 51.7 Å². The minimum Gasteiger partial charge on any atom is -0.454 e. The van der Waals surface area contributed by atoms with Crippen LogP contribution in [0.25, 0.3) is 0 Å². The van der Waals surface area contributed by atoms with E-state index >= 15 is 0 Å². The fraction of sp³-hybridized carbons (Fsp3) is 0.542. The van der Waals surface area contributed by atoms with Crippen LogP contribution < -0.4 is 15.0 Å². The summed E-state index contributed by atoms with van der Waals surface area (Å²) < 4.78 is 10.8. The molecule has 8 heteroatoms. The first-order chi connectivity index (χ1) is 15.5. The number of nitrogens with one attached hydrogen (secondary N) is 1. The fourth-order valence-electron chi connectivity index (χ4n) is 4.96. The lowest BCUT2D eigenvalue weighted by atomic mass is 9.92. The molecule has 170 valence electrons. The minimum atomic E-state index is -0.0901. The second-order valence-corrected chi connectivity index (χ2v) is 9.18. The number of H-pyrrole nitrogens is 1. The predicted octanol–water partition coefficient (Wildman–Crippen LogP) is 2.26. The monoisotopic (exact) mass is 438 g/mol. The Morgan fingerprint density at radius 1 is 1.09 bits per heavy atom. The van der Waals surface area contributed by atoms with Crippen LogP contribution in [0.3, 0.4) is 0 Å². The zero-order chi connectivity index (χ0) is 22.1. The topological polar surface area (TPSA) is 87.8 Å². The van der Waals surface area contributed by atoms with E-state index in [1.165, 1.54) is 0 Å². The average molecular weight is 439 g/mol. The van der Waals surface area contributed by atoms with Crippen LogP contribution in [0.15, 0.2) is 29.1 Å². The van der Waals surface area contributed by atoms with Crippen LogP contribution in [0.1, 0.15) is 54.6 Å². The van der Waals surface area contributed by atoms with Gasteiger partial charge in [0.05, 0.1) is 12.1 Å². The van der Waals surface area contributed by atoms with E-state index in [-0.39, 0.29) is 24.2 Å².